The second-order valence-electron chi connectivity index (χ2n) is 9.03. The smallest absolute Gasteiger partial charge is 0.0241 e. The van der Waals surface area contributed by atoms with E-state index < -0.39 is 0 Å². The van der Waals surface area contributed by atoms with Crippen molar-refractivity contribution in [1.29, 1.82) is 0 Å². The van der Waals surface area contributed by atoms with Crippen molar-refractivity contribution in [3.05, 3.63) is 0 Å². The van der Waals surface area contributed by atoms with E-state index in [9.17, 15) is 0 Å². The first-order valence-corrected chi connectivity index (χ1v) is 10.9. The SMILES string of the molecule is CCCCCC(C)C1(C)C(CC)CCCC1C(C)C(C)CCC. The van der Waals surface area contributed by atoms with Crippen LogP contribution >= 0.6 is 0 Å². The van der Waals surface area contributed by atoms with Crippen LogP contribution in [0.15, 0.2) is 0 Å². The first-order chi connectivity index (χ1) is 10.9. The third-order valence-corrected chi connectivity index (χ3v) is 7.82. The maximum absolute atomic E-state index is 2.69. The van der Waals surface area contributed by atoms with Gasteiger partial charge < -0.3 is 0 Å². The van der Waals surface area contributed by atoms with Gasteiger partial charge in [0.15, 0.2) is 0 Å². The fourth-order valence-electron chi connectivity index (χ4n) is 5.88. The molecule has 6 unspecified atom stereocenters. The van der Waals surface area contributed by atoms with Crippen LogP contribution in [-0.4, -0.2) is 0 Å². The minimum atomic E-state index is 0.572. The van der Waals surface area contributed by atoms with E-state index in [1.807, 2.05) is 0 Å². The van der Waals surface area contributed by atoms with Gasteiger partial charge >= 0.3 is 0 Å². The van der Waals surface area contributed by atoms with Crippen LogP contribution in [0.1, 0.15) is 113 Å². The summed E-state index contributed by atoms with van der Waals surface area (Å²) < 4.78 is 0. The van der Waals surface area contributed by atoms with E-state index in [1.165, 1.54) is 64.2 Å². The lowest BCUT2D eigenvalue weighted by atomic mass is 9.50. The van der Waals surface area contributed by atoms with Crippen LogP contribution in [0.4, 0.5) is 0 Å². The van der Waals surface area contributed by atoms with Crippen molar-refractivity contribution < 1.29 is 0 Å². The van der Waals surface area contributed by atoms with E-state index in [0.29, 0.717) is 5.41 Å². The van der Waals surface area contributed by atoms with Gasteiger partial charge in [-0.25, -0.2) is 0 Å². The highest BCUT2D eigenvalue weighted by Gasteiger charge is 2.48. The highest BCUT2D eigenvalue weighted by atomic mass is 14.5. The average Bonchev–Trinajstić information content (AvgIpc) is 2.54. The molecule has 23 heavy (non-hydrogen) atoms. The Labute approximate surface area is 148 Å². The highest BCUT2D eigenvalue weighted by Crippen LogP contribution is 2.56. The molecule has 0 aromatic heterocycles. The maximum Gasteiger partial charge on any atom is -0.0241 e. The quantitative estimate of drug-likeness (QED) is 0.356. The van der Waals surface area contributed by atoms with Crippen molar-refractivity contribution in [1.82, 2.24) is 0 Å². The molecular weight excluding hydrogens is 276 g/mol. The average molecular weight is 323 g/mol. The van der Waals surface area contributed by atoms with E-state index in [1.54, 1.807) is 0 Å². The minimum absolute atomic E-state index is 0.572. The maximum atomic E-state index is 2.69. The zero-order chi connectivity index (χ0) is 17.5. The summed E-state index contributed by atoms with van der Waals surface area (Å²) in [5.41, 5.74) is 0.572. The van der Waals surface area contributed by atoms with Gasteiger partial charge in [-0.3, -0.25) is 0 Å². The molecule has 0 heterocycles. The molecule has 0 N–H and O–H groups in total. The molecule has 6 atom stereocenters. The molecule has 0 amide bonds. The van der Waals surface area contributed by atoms with E-state index in [2.05, 4.69) is 48.5 Å². The Balaban J connectivity index is 2.94. The fourth-order valence-corrected chi connectivity index (χ4v) is 5.88. The highest BCUT2D eigenvalue weighted by molar-refractivity contribution is 4.97. The van der Waals surface area contributed by atoms with Crippen molar-refractivity contribution in [2.45, 2.75) is 113 Å². The Morgan fingerprint density at radius 3 is 2.17 bits per heavy atom. The summed E-state index contributed by atoms with van der Waals surface area (Å²) in [7, 11) is 0. The van der Waals surface area contributed by atoms with Gasteiger partial charge in [0, 0.05) is 0 Å². The van der Waals surface area contributed by atoms with Crippen molar-refractivity contribution in [2.75, 3.05) is 0 Å². The van der Waals surface area contributed by atoms with Gasteiger partial charge in [0.1, 0.15) is 0 Å². The van der Waals surface area contributed by atoms with Gasteiger partial charge in [-0.15, -0.1) is 0 Å². The van der Waals surface area contributed by atoms with Crippen LogP contribution in [-0.2, 0) is 0 Å². The minimum Gasteiger partial charge on any atom is -0.0654 e. The first-order valence-electron chi connectivity index (χ1n) is 10.9. The molecule has 0 aromatic rings. The number of hydrogen-bond donors (Lipinski definition) is 0. The molecule has 1 aliphatic rings. The molecule has 0 heteroatoms. The number of unbranched alkanes of at least 4 members (excludes halogenated alkanes) is 2. The van der Waals surface area contributed by atoms with E-state index in [4.69, 9.17) is 0 Å². The van der Waals surface area contributed by atoms with Crippen LogP contribution < -0.4 is 0 Å². The second-order valence-corrected chi connectivity index (χ2v) is 9.03. The normalized spacial score (nSPS) is 32.5. The number of rotatable bonds is 10. The Morgan fingerprint density at radius 2 is 1.61 bits per heavy atom. The summed E-state index contributed by atoms with van der Waals surface area (Å²) in [5.74, 6) is 4.57. The van der Waals surface area contributed by atoms with Crippen molar-refractivity contribution in [3.63, 3.8) is 0 Å². The Morgan fingerprint density at radius 1 is 0.913 bits per heavy atom. The van der Waals surface area contributed by atoms with E-state index in [0.717, 1.165) is 29.6 Å². The predicted molar refractivity (Wildman–Crippen MR) is 106 cm³/mol. The van der Waals surface area contributed by atoms with Crippen LogP contribution in [0.3, 0.4) is 0 Å². The third-order valence-electron chi connectivity index (χ3n) is 7.82. The molecule has 0 spiro atoms. The molecule has 0 saturated heterocycles. The molecule has 1 rings (SSSR count). The largest absolute Gasteiger partial charge is 0.0654 e. The Bertz CT molecular complexity index is 307. The zero-order valence-corrected chi connectivity index (χ0v) is 17.5. The molecule has 1 saturated carbocycles. The molecule has 1 aliphatic carbocycles. The zero-order valence-electron chi connectivity index (χ0n) is 17.5. The molecular formula is C23H46. The lowest BCUT2D eigenvalue weighted by Gasteiger charge is -2.54. The molecule has 0 radical (unpaired) electrons. The van der Waals surface area contributed by atoms with Crippen LogP contribution in [0.5, 0.6) is 0 Å². The summed E-state index contributed by atoms with van der Waals surface area (Å²) >= 11 is 0. The van der Waals surface area contributed by atoms with Crippen LogP contribution in [0, 0.1) is 35.0 Å². The molecule has 1 fully saturated rings. The van der Waals surface area contributed by atoms with E-state index in [-0.39, 0.29) is 0 Å². The third kappa shape index (κ3) is 4.99. The second kappa shape index (κ2) is 10.1. The molecule has 0 bridgehead atoms. The van der Waals surface area contributed by atoms with Gasteiger partial charge in [0.25, 0.3) is 0 Å². The molecule has 0 nitrogen and oxygen atoms in total. The topological polar surface area (TPSA) is 0 Å². The van der Waals surface area contributed by atoms with Gasteiger partial charge in [-0.05, 0) is 47.8 Å². The lowest BCUT2D eigenvalue weighted by Crippen LogP contribution is -2.47. The van der Waals surface area contributed by atoms with Crippen molar-refractivity contribution in [3.8, 4) is 0 Å². The summed E-state index contributed by atoms with van der Waals surface area (Å²) in [6.45, 7) is 17.5. The van der Waals surface area contributed by atoms with Gasteiger partial charge in [-0.2, -0.15) is 0 Å². The fraction of sp³-hybridized carbons (Fsp3) is 1.00. The van der Waals surface area contributed by atoms with Crippen LogP contribution in [0.25, 0.3) is 0 Å². The van der Waals surface area contributed by atoms with Crippen molar-refractivity contribution >= 4 is 0 Å². The lowest BCUT2D eigenvalue weighted by molar-refractivity contribution is -0.0547. The van der Waals surface area contributed by atoms with Gasteiger partial charge in [0.2, 0.25) is 0 Å². The number of hydrogen-bond acceptors (Lipinski definition) is 0. The molecule has 138 valence electrons. The van der Waals surface area contributed by atoms with Gasteiger partial charge in [0.05, 0.1) is 0 Å². The Hall–Kier alpha value is 0. The Kier molecular flexibility index (Phi) is 9.24. The summed E-state index contributed by atoms with van der Waals surface area (Å²) in [4.78, 5) is 0. The summed E-state index contributed by atoms with van der Waals surface area (Å²) in [5, 5.41) is 0. The monoisotopic (exact) mass is 322 g/mol. The van der Waals surface area contributed by atoms with Crippen molar-refractivity contribution in [2.24, 2.45) is 35.0 Å². The first kappa shape index (κ1) is 21.0. The summed E-state index contributed by atoms with van der Waals surface area (Å²) in [6.07, 6.45) is 14.3. The summed E-state index contributed by atoms with van der Waals surface area (Å²) in [6, 6.07) is 0. The van der Waals surface area contributed by atoms with E-state index >= 15 is 0 Å². The standard InChI is InChI=1S/C23H46/c1-8-11-12-15-19(5)23(7)21(10-3)16-13-17-22(23)20(6)18(4)14-9-2/h18-22H,8-17H2,1-7H3. The van der Waals surface area contributed by atoms with Crippen LogP contribution in [0.2, 0.25) is 0 Å². The predicted octanol–water partition coefficient (Wildman–Crippen LogP) is 8.11. The molecule has 0 aliphatic heterocycles. The van der Waals surface area contributed by atoms with Gasteiger partial charge in [-0.1, -0.05) is 99.8 Å². The molecule has 0 aromatic carbocycles.